The largest absolute Gasteiger partial charge is 0.506 e. The lowest BCUT2D eigenvalue weighted by Gasteiger charge is -2.13. The number of aromatic amines is 1. The number of aromatic hydroxyl groups is 1. The highest BCUT2D eigenvalue weighted by atomic mass is 35.5. The number of amides is 1. The number of carbonyl (C=O) groups is 1. The van der Waals surface area contributed by atoms with Crippen molar-refractivity contribution in [3.63, 3.8) is 0 Å². The van der Waals surface area contributed by atoms with Gasteiger partial charge in [-0.2, -0.15) is 0 Å². The van der Waals surface area contributed by atoms with Crippen LogP contribution in [0.1, 0.15) is 16.1 Å². The normalized spacial score (nSPS) is 10.5. The van der Waals surface area contributed by atoms with Crippen LogP contribution in [0.5, 0.6) is 17.2 Å². The lowest BCUT2D eigenvalue weighted by molar-refractivity contribution is 0.102. The molecule has 3 N–H and O–H groups in total. The Kier molecular flexibility index (Phi) is 6.81. The molecule has 1 amide bonds. The smallest absolute Gasteiger partial charge is 0.268 e. The molecule has 0 aliphatic rings. The van der Waals surface area contributed by atoms with Gasteiger partial charge in [-0.1, -0.05) is 23.2 Å². The fourth-order valence-corrected chi connectivity index (χ4v) is 3.04. The Hall–Kier alpha value is -3.23. The molecule has 3 rings (SSSR count). The van der Waals surface area contributed by atoms with Crippen LogP contribution in [0.25, 0.3) is 0 Å². The topological polar surface area (TPSA) is 114 Å². The number of pyridine rings is 2. The average Bonchev–Trinajstić information content (AvgIpc) is 2.75. The van der Waals surface area contributed by atoms with Gasteiger partial charge in [0.05, 0.1) is 30.1 Å². The van der Waals surface area contributed by atoms with E-state index in [1.54, 1.807) is 24.4 Å². The predicted octanol–water partition coefficient (Wildman–Crippen LogP) is 3.66. The van der Waals surface area contributed by atoms with Crippen molar-refractivity contribution in [2.45, 2.75) is 6.42 Å². The minimum Gasteiger partial charge on any atom is -0.506 e. The standard InChI is InChI=1S/C20H17Cl2N3O5/c1-29-15-5-4-11(19(27)25-18-12(21)10-24-20(28)17(18)22)9-16(15)30-8-6-13-14(26)3-2-7-23-13/h2-5,7,9-10,26H,6,8H2,1H3,(H2,24,25,27,28). The van der Waals surface area contributed by atoms with E-state index in [4.69, 9.17) is 32.7 Å². The molecule has 30 heavy (non-hydrogen) atoms. The Bertz CT molecular complexity index is 1130. The Morgan fingerprint density at radius 1 is 1.27 bits per heavy atom. The summed E-state index contributed by atoms with van der Waals surface area (Å²) in [6.07, 6.45) is 3.16. The Labute approximate surface area is 181 Å². The number of nitrogens with one attached hydrogen (secondary N) is 2. The monoisotopic (exact) mass is 449 g/mol. The molecule has 0 saturated heterocycles. The van der Waals surface area contributed by atoms with E-state index < -0.39 is 11.5 Å². The lowest BCUT2D eigenvalue weighted by atomic mass is 10.2. The van der Waals surface area contributed by atoms with Crippen molar-refractivity contribution in [1.82, 2.24) is 9.97 Å². The minimum absolute atomic E-state index is 0.0102. The van der Waals surface area contributed by atoms with Crippen molar-refractivity contribution in [2.75, 3.05) is 19.0 Å². The summed E-state index contributed by atoms with van der Waals surface area (Å²) in [5.41, 5.74) is 0.159. The van der Waals surface area contributed by atoms with Gasteiger partial charge in [-0.25, -0.2) is 0 Å². The molecule has 0 radical (unpaired) electrons. The van der Waals surface area contributed by atoms with Gasteiger partial charge in [0.25, 0.3) is 11.5 Å². The number of ether oxygens (including phenoxy) is 2. The molecule has 0 atom stereocenters. The molecule has 0 unspecified atom stereocenters. The first kappa shape index (κ1) is 21.5. The molecule has 10 heteroatoms. The fourth-order valence-electron chi connectivity index (χ4n) is 2.59. The van der Waals surface area contributed by atoms with E-state index in [1.807, 2.05) is 0 Å². The summed E-state index contributed by atoms with van der Waals surface area (Å²) in [7, 11) is 1.47. The molecule has 3 aromatic rings. The second-order valence-electron chi connectivity index (χ2n) is 6.04. The van der Waals surface area contributed by atoms with Gasteiger partial charge >= 0.3 is 0 Å². The van der Waals surface area contributed by atoms with Gasteiger partial charge in [-0.3, -0.25) is 14.6 Å². The van der Waals surface area contributed by atoms with E-state index in [-0.39, 0.29) is 33.7 Å². The number of H-pyrrole nitrogens is 1. The van der Waals surface area contributed by atoms with Crippen LogP contribution < -0.4 is 20.3 Å². The van der Waals surface area contributed by atoms with Gasteiger partial charge < -0.3 is 24.9 Å². The van der Waals surface area contributed by atoms with Gasteiger partial charge in [0.1, 0.15) is 10.8 Å². The Balaban J connectivity index is 1.77. The third-order valence-corrected chi connectivity index (χ3v) is 4.77. The van der Waals surface area contributed by atoms with E-state index in [0.717, 1.165) is 0 Å². The number of anilines is 1. The molecule has 8 nitrogen and oxygen atoms in total. The molecule has 0 bridgehead atoms. The van der Waals surface area contributed by atoms with Crippen LogP contribution in [0.15, 0.2) is 47.5 Å². The van der Waals surface area contributed by atoms with Crippen molar-refractivity contribution in [1.29, 1.82) is 0 Å². The van der Waals surface area contributed by atoms with Crippen molar-refractivity contribution >= 4 is 34.8 Å². The first-order valence-corrected chi connectivity index (χ1v) is 9.48. The van der Waals surface area contributed by atoms with Crippen LogP contribution >= 0.6 is 23.2 Å². The second-order valence-corrected chi connectivity index (χ2v) is 6.83. The molecule has 0 spiro atoms. The fraction of sp³-hybridized carbons (Fsp3) is 0.150. The number of methoxy groups -OCH3 is 1. The predicted molar refractivity (Wildman–Crippen MR) is 113 cm³/mol. The zero-order chi connectivity index (χ0) is 21.7. The maximum atomic E-state index is 12.6. The maximum absolute atomic E-state index is 12.6. The summed E-state index contributed by atoms with van der Waals surface area (Å²) < 4.78 is 11.0. The number of hydrogen-bond acceptors (Lipinski definition) is 6. The van der Waals surface area contributed by atoms with Gasteiger partial charge in [-0.15, -0.1) is 0 Å². The highest BCUT2D eigenvalue weighted by Gasteiger charge is 2.16. The highest BCUT2D eigenvalue weighted by molar-refractivity contribution is 6.39. The summed E-state index contributed by atoms with van der Waals surface area (Å²) in [6.45, 7) is 0.192. The molecule has 2 aromatic heterocycles. The second kappa shape index (κ2) is 9.51. The molecule has 2 heterocycles. The number of aromatic nitrogens is 2. The summed E-state index contributed by atoms with van der Waals surface area (Å²) in [5.74, 6) is 0.278. The molecule has 1 aromatic carbocycles. The van der Waals surface area contributed by atoms with E-state index in [0.29, 0.717) is 23.6 Å². The van der Waals surface area contributed by atoms with Crippen LogP contribution in [0.3, 0.4) is 0 Å². The SMILES string of the molecule is COc1ccc(C(=O)Nc2c(Cl)c[nH]c(=O)c2Cl)cc1OCCc1ncccc1O. The highest BCUT2D eigenvalue weighted by Crippen LogP contribution is 2.30. The van der Waals surface area contributed by atoms with E-state index in [1.165, 1.54) is 25.4 Å². The number of rotatable bonds is 7. The van der Waals surface area contributed by atoms with E-state index >= 15 is 0 Å². The van der Waals surface area contributed by atoms with E-state index in [2.05, 4.69) is 15.3 Å². The number of benzene rings is 1. The summed E-state index contributed by atoms with van der Waals surface area (Å²) in [5, 5.41) is 12.2. The molecule has 156 valence electrons. The molecular formula is C20H17Cl2N3O5. The third-order valence-electron chi connectivity index (χ3n) is 4.11. The Morgan fingerprint density at radius 2 is 2.07 bits per heavy atom. The summed E-state index contributed by atoms with van der Waals surface area (Å²) in [6, 6.07) is 7.76. The van der Waals surface area contributed by atoms with Crippen LogP contribution in [0.2, 0.25) is 10.0 Å². The Morgan fingerprint density at radius 3 is 2.80 bits per heavy atom. The van der Waals surface area contributed by atoms with Crippen molar-refractivity contribution in [3.05, 3.63) is 74.4 Å². The number of nitrogens with zero attached hydrogens (tertiary/aromatic N) is 1. The maximum Gasteiger partial charge on any atom is 0.268 e. The first-order chi connectivity index (χ1) is 14.4. The van der Waals surface area contributed by atoms with E-state index in [9.17, 15) is 14.7 Å². The van der Waals surface area contributed by atoms with Crippen molar-refractivity contribution in [3.8, 4) is 17.2 Å². The average molecular weight is 450 g/mol. The molecule has 0 aliphatic carbocycles. The lowest BCUT2D eigenvalue weighted by Crippen LogP contribution is -2.16. The van der Waals surface area contributed by atoms with Gasteiger partial charge in [-0.05, 0) is 30.3 Å². The molecule has 0 saturated carbocycles. The summed E-state index contributed by atoms with van der Waals surface area (Å²) in [4.78, 5) is 30.7. The third kappa shape index (κ3) is 4.84. The molecule has 0 aliphatic heterocycles. The number of carbonyl (C=O) groups excluding carboxylic acids is 1. The quantitative estimate of drug-likeness (QED) is 0.506. The molecule has 0 fully saturated rings. The van der Waals surface area contributed by atoms with Gasteiger partial charge in [0.15, 0.2) is 11.5 Å². The molecular weight excluding hydrogens is 433 g/mol. The van der Waals surface area contributed by atoms with Crippen LogP contribution in [0.4, 0.5) is 5.69 Å². The van der Waals surface area contributed by atoms with Crippen molar-refractivity contribution in [2.24, 2.45) is 0 Å². The number of hydrogen-bond donors (Lipinski definition) is 3. The van der Waals surface area contributed by atoms with Crippen LogP contribution in [-0.2, 0) is 6.42 Å². The summed E-state index contributed by atoms with van der Waals surface area (Å²) >= 11 is 11.9. The first-order valence-electron chi connectivity index (χ1n) is 8.72. The van der Waals surface area contributed by atoms with Crippen molar-refractivity contribution < 1.29 is 19.4 Å². The number of halogens is 2. The van der Waals surface area contributed by atoms with Gasteiger partial charge in [0, 0.05) is 24.4 Å². The van der Waals surface area contributed by atoms with Crippen LogP contribution in [-0.4, -0.2) is 34.7 Å². The zero-order valence-corrected chi connectivity index (χ0v) is 17.3. The van der Waals surface area contributed by atoms with Gasteiger partial charge in [0.2, 0.25) is 0 Å². The van der Waals surface area contributed by atoms with Crippen LogP contribution in [0, 0.1) is 0 Å². The zero-order valence-electron chi connectivity index (χ0n) is 15.7. The minimum atomic E-state index is -0.576.